The van der Waals surface area contributed by atoms with Gasteiger partial charge in [0, 0.05) is 22.5 Å². The number of rotatable bonds is 15. The minimum atomic E-state index is -8.52. The van der Waals surface area contributed by atoms with Gasteiger partial charge in [0.25, 0.3) is 0 Å². The van der Waals surface area contributed by atoms with Gasteiger partial charge in [-0.25, -0.2) is 0 Å². The Morgan fingerprint density at radius 2 is 0.731 bits per heavy atom. The van der Waals surface area contributed by atoms with Crippen LogP contribution in [0, 0.1) is 0 Å². The third-order valence-electron chi connectivity index (χ3n) is 10.3. The summed E-state index contributed by atoms with van der Waals surface area (Å²) in [5, 5.41) is 0. The fraction of sp³-hybridized carbons (Fsp3) is 0.647. The van der Waals surface area contributed by atoms with Gasteiger partial charge in [0.15, 0.2) is 0 Å². The Labute approximate surface area is 288 Å². The Bertz CT molecular complexity index is 1540. The molecule has 18 heteroatoms. The predicted octanol–water partition coefficient (Wildman–Crippen LogP) is 12.3. The van der Waals surface area contributed by atoms with Crippen LogP contribution in [0.15, 0.2) is 24.3 Å². The van der Waals surface area contributed by atoms with Crippen LogP contribution < -0.4 is 11.5 Å². The molecule has 0 amide bonds. The Morgan fingerprint density at radius 1 is 0.481 bits per heavy atom. The molecule has 0 heterocycles. The lowest BCUT2D eigenvalue weighted by Crippen LogP contribution is -2.74. The number of hydrogen-bond donors (Lipinski definition) is 2. The van der Waals surface area contributed by atoms with Crippen molar-refractivity contribution in [2.75, 3.05) is 11.5 Å². The highest BCUT2D eigenvalue weighted by Crippen LogP contribution is 2.66. The Hall–Kier alpha value is -3.08. The minimum Gasteiger partial charge on any atom is -0.398 e. The zero-order valence-electron chi connectivity index (χ0n) is 28.1. The standard InChI is InChI=1S/C34H36F16N2/c1-5-15(3)21-11-19(13-23(25(21)51)17-7-8-17)27(35,36)29(39,40)31(43,44)33(47,48)34(49,50)32(45,46)30(41,42)28(37,38)20-12-22(16(4)6-2)26(52)24(14-20)18-9-10-18/h11-18H,5-10,51-52H2,1-4H3. The Kier molecular flexibility index (Phi) is 10.2. The highest BCUT2D eigenvalue weighted by molar-refractivity contribution is 5.61. The average molecular weight is 777 g/mol. The van der Waals surface area contributed by atoms with Gasteiger partial charge in [0.05, 0.1) is 0 Å². The SMILES string of the molecule is CCC(C)c1cc(C(F)(F)C(F)(F)C(F)(F)C(F)(F)C(F)(F)C(F)(F)C(F)(F)C(F)(F)c2cc(C(C)CC)c(N)c(C3CC3)c2)cc(C2CC2)c1N. The van der Waals surface area contributed by atoms with Gasteiger partial charge in [0.2, 0.25) is 0 Å². The van der Waals surface area contributed by atoms with Gasteiger partial charge in [-0.3, -0.25) is 0 Å². The summed E-state index contributed by atoms with van der Waals surface area (Å²) in [6, 6.07) is 0.571. The number of anilines is 2. The van der Waals surface area contributed by atoms with E-state index in [4.69, 9.17) is 11.5 Å². The van der Waals surface area contributed by atoms with Crippen molar-refractivity contribution in [2.45, 2.75) is 137 Å². The van der Waals surface area contributed by atoms with E-state index in [9.17, 15) is 35.1 Å². The van der Waals surface area contributed by atoms with Crippen LogP contribution in [0.2, 0.25) is 0 Å². The van der Waals surface area contributed by atoms with Gasteiger partial charge < -0.3 is 11.5 Å². The second-order valence-corrected chi connectivity index (χ2v) is 13.9. The highest BCUT2D eigenvalue weighted by Gasteiger charge is 2.95. The quantitative estimate of drug-likeness (QED) is 0.140. The summed E-state index contributed by atoms with van der Waals surface area (Å²) in [6.45, 7) is 5.62. The molecule has 294 valence electrons. The lowest BCUT2D eigenvalue weighted by atomic mass is 9.82. The van der Waals surface area contributed by atoms with Crippen LogP contribution in [-0.2, 0) is 11.8 Å². The zero-order chi connectivity index (χ0) is 40.0. The fourth-order valence-corrected chi connectivity index (χ4v) is 6.03. The van der Waals surface area contributed by atoms with E-state index < -0.39 is 82.2 Å². The van der Waals surface area contributed by atoms with Crippen LogP contribution in [-0.4, -0.2) is 35.5 Å². The van der Waals surface area contributed by atoms with Crippen molar-refractivity contribution in [2.24, 2.45) is 0 Å². The topological polar surface area (TPSA) is 52.0 Å². The molecule has 0 spiro atoms. The first-order valence-corrected chi connectivity index (χ1v) is 16.3. The van der Waals surface area contributed by atoms with E-state index >= 15 is 35.1 Å². The monoisotopic (exact) mass is 776 g/mol. The third-order valence-corrected chi connectivity index (χ3v) is 10.3. The Morgan fingerprint density at radius 3 is 0.962 bits per heavy atom. The van der Waals surface area contributed by atoms with Gasteiger partial charge in [-0.15, -0.1) is 0 Å². The van der Waals surface area contributed by atoms with E-state index in [0.717, 1.165) is 0 Å². The first-order valence-electron chi connectivity index (χ1n) is 16.3. The average Bonchev–Trinajstić information content (AvgIpc) is 3.98. The maximum absolute atomic E-state index is 15.4. The first-order chi connectivity index (χ1) is 23.4. The molecule has 0 saturated heterocycles. The summed E-state index contributed by atoms with van der Waals surface area (Å²) in [5.41, 5.74) is 5.89. The molecule has 2 aliphatic rings. The molecule has 2 aromatic rings. The van der Waals surface area contributed by atoms with E-state index in [-0.39, 0.29) is 96.4 Å². The summed E-state index contributed by atoms with van der Waals surface area (Å²) < 4.78 is 242. The van der Waals surface area contributed by atoms with Crippen LogP contribution in [0.4, 0.5) is 81.6 Å². The van der Waals surface area contributed by atoms with Crippen LogP contribution >= 0.6 is 0 Å². The minimum absolute atomic E-state index is 0.0886. The molecule has 4 N–H and O–H groups in total. The molecular formula is C34H36F16N2. The van der Waals surface area contributed by atoms with Gasteiger partial charge in [-0.05, 0) is 109 Å². The molecule has 0 radical (unpaired) electrons. The van der Waals surface area contributed by atoms with Crippen molar-refractivity contribution >= 4 is 11.4 Å². The number of hydrogen-bond acceptors (Lipinski definition) is 2. The van der Waals surface area contributed by atoms with E-state index in [1.54, 1.807) is 0 Å². The number of halogens is 16. The number of nitrogen functional groups attached to an aromatic ring is 2. The van der Waals surface area contributed by atoms with Crippen molar-refractivity contribution in [1.82, 2.24) is 0 Å². The summed E-state index contributed by atoms with van der Waals surface area (Å²) in [6.07, 6.45) is 1.18. The molecule has 0 bridgehead atoms. The molecular weight excluding hydrogens is 740 g/mol. The zero-order valence-corrected chi connectivity index (χ0v) is 28.1. The highest BCUT2D eigenvalue weighted by atomic mass is 19.4. The van der Waals surface area contributed by atoms with Crippen molar-refractivity contribution < 1.29 is 70.2 Å². The lowest BCUT2D eigenvalue weighted by Gasteiger charge is -2.44. The normalized spacial score (nSPS) is 18.5. The molecule has 2 unspecified atom stereocenters. The summed E-state index contributed by atoms with van der Waals surface area (Å²) in [7, 11) is 0. The van der Waals surface area contributed by atoms with E-state index in [2.05, 4.69) is 0 Å². The molecule has 2 saturated carbocycles. The number of nitrogens with two attached hydrogens (primary N) is 2. The van der Waals surface area contributed by atoms with Gasteiger partial charge in [0.1, 0.15) is 0 Å². The van der Waals surface area contributed by atoms with Crippen LogP contribution in [0.3, 0.4) is 0 Å². The lowest BCUT2D eigenvalue weighted by molar-refractivity contribution is -0.456. The molecule has 4 rings (SSSR count). The summed E-state index contributed by atoms with van der Waals surface area (Å²) >= 11 is 0. The van der Waals surface area contributed by atoms with Crippen molar-refractivity contribution in [3.05, 3.63) is 57.6 Å². The van der Waals surface area contributed by atoms with Crippen molar-refractivity contribution in [3.63, 3.8) is 0 Å². The smallest absolute Gasteiger partial charge is 0.385 e. The van der Waals surface area contributed by atoms with Crippen LogP contribution in [0.5, 0.6) is 0 Å². The number of benzene rings is 2. The maximum Gasteiger partial charge on any atom is 0.385 e. The summed E-state index contributed by atoms with van der Waals surface area (Å²) in [5.74, 6) is -65.2. The van der Waals surface area contributed by atoms with Gasteiger partial charge in [-0.1, -0.05) is 27.7 Å². The molecule has 2 nitrogen and oxygen atoms in total. The van der Waals surface area contributed by atoms with E-state index in [0.29, 0.717) is 0 Å². The fourth-order valence-electron chi connectivity index (χ4n) is 6.03. The van der Waals surface area contributed by atoms with Crippen LogP contribution in [0.25, 0.3) is 0 Å². The van der Waals surface area contributed by atoms with Gasteiger partial charge in [-0.2, -0.15) is 70.2 Å². The molecule has 2 atom stereocenters. The van der Waals surface area contributed by atoms with Crippen molar-refractivity contribution in [1.29, 1.82) is 0 Å². The summed E-state index contributed by atoms with van der Waals surface area (Å²) in [4.78, 5) is 0. The Balaban J connectivity index is 1.82. The van der Waals surface area contributed by atoms with E-state index in [1.165, 1.54) is 27.7 Å². The second-order valence-electron chi connectivity index (χ2n) is 13.9. The molecule has 0 aliphatic heterocycles. The second kappa shape index (κ2) is 12.8. The first kappa shape index (κ1) is 41.7. The third kappa shape index (κ3) is 5.86. The molecule has 0 aromatic heterocycles. The van der Waals surface area contributed by atoms with Crippen molar-refractivity contribution in [3.8, 4) is 0 Å². The molecule has 2 aliphatic carbocycles. The predicted molar refractivity (Wildman–Crippen MR) is 161 cm³/mol. The maximum atomic E-state index is 15.4. The molecule has 52 heavy (non-hydrogen) atoms. The largest absolute Gasteiger partial charge is 0.398 e. The number of alkyl halides is 16. The van der Waals surface area contributed by atoms with Crippen LogP contribution in [0.1, 0.15) is 123 Å². The molecule has 2 fully saturated rings. The van der Waals surface area contributed by atoms with Gasteiger partial charge >= 0.3 is 47.4 Å². The van der Waals surface area contributed by atoms with E-state index in [1.807, 2.05) is 0 Å². The molecule has 2 aromatic carbocycles.